The minimum absolute atomic E-state index is 0.110. The van der Waals surface area contributed by atoms with Crippen molar-refractivity contribution in [2.75, 3.05) is 25.2 Å². The van der Waals surface area contributed by atoms with E-state index >= 15 is 0 Å². The zero-order valence-corrected chi connectivity index (χ0v) is 17.6. The first-order chi connectivity index (χ1) is 15.1. The summed E-state index contributed by atoms with van der Waals surface area (Å²) in [6.45, 7) is -0.729. The summed E-state index contributed by atoms with van der Waals surface area (Å²) in [5, 5.41) is 0. The fraction of sp³-hybridized carbons (Fsp3) is 0.375. The van der Waals surface area contributed by atoms with Crippen molar-refractivity contribution in [3.05, 3.63) is 54.1 Å². The topological polar surface area (TPSA) is 82.1 Å². The first-order valence-corrected chi connectivity index (χ1v) is 10.4. The van der Waals surface area contributed by atoms with Crippen molar-refractivity contribution in [3.8, 4) is 11.5 Å². The second-order valence-corrected chi connectivity index (χ2v) is 7.37. The molecule has 1 aliphatic rings. The maximum absolute atomic E-state index is 12.9. The molecule has 7 nitrogen and oxygen atoms in total. The normalized spacial score (nSPS) is 13.8. The fourth-order valence-corrected chi connectivity index (χ4v) is 3.75. The van der Waals surface area contributed by atoms with Crippen LogP contribution in [-0.4, -0.2) is 44.5 Å². The van der Waals surface area contributed by atoms with Gasteiger partial charge < -0.3 is 19.1 Å². The van der Waals surface area contributed by atoms with E-state index in [0.717, 1.165) is 31.4 Å². The number of esters is 1. The molecule has 7 heteroatoms. The van der Waals surface area contributed by atoms with Crippen LogP contribution < -0.4 is 14.4 Å². The highest BCUT2D eigenvalue weighted by Gasteiger charge is 2.27. The Hall–Kier alpha value is -3.35. The van der Waals surface area contributed by atoms with Gasteiger partial charge in [-0.25, -0.2) is 4.79 Å². The van der Waals surface area contributed by atoms with Crippen molar-refractivity contribution < 1.29 is 28.6 Å². The Morgan fingerprint density at radius 2 is 1.74 bits per heavy atom. The van der Waals surface area contributed by atoms with Gasteiger partial charge >= 0.3 is 5.97 Å². The third-order valence-electron chi connectivity index (χ3n) is 5.27. The van der Waals surface area contributed by atoms with Gasteiger partial charge in [-0.1, -0.05) is 37.5 Å². The standard InChI is InChI=1S/C24H27NO6/c1-29-22-14-18(15-26)12-13-21(22)30-17-24(28)31-16-23(27)25(19-8-4-2-5-9-19)20-10-6-3-7-11-20/h2,4-5,8-9,12-15,20H,3,6-7,10-11,16-17H2,1H3. The molecule has 0 saturated heterocycles. The van der Waals surface area contributed by atoms with Crippen molar-refractivity contribution in [2.24, 2.45) is 0 Å². The summed E-state index contributed by atoms with van der Waals surface area (Å²) in [6.07, 6.45) is 5.91. The quantitative estimate of drug-likeness (QED) is 0.449. The SMILES string of the molecule is COc1cc(C=O)ccc1OCC(=O)OCC(=O)N(c1ccccc1)C1CCCCC1. The highest BCUT2D eigenvalue weighted by Crippen LogP contribution is 2.28. The molecule has 0 bridgehead atoms. The molecule has 2 aromatic carbocycles. The maximum Gasteiger partial charge on any atom is 0.344 e. The summed E-state index contributed by atoms with van der Waals surface area (Å²) in [4.78, 5) is 37.7. The number of para-hydroxylation sites is 1. The van der Waals surface area contributed by atoms with Gasteiger partial charge in [0.25, 0.3) is 5.91 Å². The van der Waals surface area contributed by atoms with Gasteiger partial charge in [0.1, 0.15) is 6.29 Å². The lowest BCUT2D eigenvalue weighted by Crippen LogP contribution is -2.44. The number of aldehydes is 1. The number of hydrogen-bond donors (Lipinski definition) is 0. The third kappa shape index (κ3) is 6.07. The molecule has 0 radical (unpaired) electrons. The number of rotatable bonds is 9. The van der Waals surface area contributed by atoms with E-state index in [2.05, 4.69) is 0 Å². The molecule has 1 aliphatic carbocycles. The number of benzene rings is 2. The highest BCUT2D eigenvalue weighted by molar-refractivity contribution is 5.95. The van der Waals surface area contributed by atoms with Gasteiger partial charge in [0.2, 0.25) is 0 Å². The minimum atomic E-state index is -0.661. The van der Waals surface area contributed by atoms with Crippen LogP contribution in [0.4, 0.5) is 5.69 Å². The van der Waals surface area contributed by atoms with Gasteiger partial charge in [-0.3, -0.25) is 9.59 Å². The monoisotopic (exact) mass is 425 g/mol. The molecule has 0 N–H and O–H groups in total. The highest BCUT2D eigenvalue weighted by atomic mass is 16.6. The van der Waals surface area contributed by atoms with Gasteiger partial charge in [-0.05, 0) is 43.2 Å². The van der Waals surface area contributed by atoms with Crippen LogP contribution in [0.2, 0.25) is 0 Å². The molecule has 0 aromatic heterocycles. The largest absolute Gasteiger partial charge is 0.493 e. The Bertz CT molecular complexity index is 892. The molecule has 1 amide bonds. The first kappa shape index (κ1) is 22.3. The molecule has 3 rings (SSSR count). The molecule has 164 valence electrons. The van der Waals surface area contributed by atoms with Crippen LogP contribution in [0, 0.1) is 0 Å². The molecule has 1 fully saturated rings. The van der Waals surface area contributed by atoms with Crippen LogP contribution in [0.3, 0.4) is 0 Å². The minimum Gasteiger partial charge on any atom is -0.493 e. The second-order valence-electron chi connectivity index (χ2n) is 7.37. The first-order valence-electron chi connectivity index (χ1n) is 10.4. The molecule has 0 heterocycles. The van der Waals surface area contributed by atoms with E-state index in [1.54, 1.807) is 17.0 Å². The number of carbonyl (C=O) groups excluding carboxylic acids is 3. The number of ether oxygens (including phenoxy) is 3. The van der Waals surface area contributed by atoms with Crippen molar-refractivity contribution >= 4 is 23.9 Å². The van der Waals surface area contributed by atoms with Gasteiger partial charge in [0.05, 0.1) is 7.11 Å². The molecule has 0 atom stereocenters. The predicted octanol–water partition coefficient (Wildman–Crippen LogP) is 3.80. The Labute approximate surface area is 181 Å². The number of amides is 1. The fourth-order valence-electron chi connectivity index (χ4n) is 3.75. The molecule has 1 saturated carbocycles. The van der Waals surface area contributed by atoms with Crippen LogP contribution >= 0.6 is 0 Å². The number of methoxy groups -OCH3 is 1. The van der Waals surface area contributed by atoms with Crippen molar-refractivity contribution in [2.45, 2.75) is 38.1 Å². The van der Waals surface area contributed by atoms with Gasteiger partial charge in [0.15, 0.2) is 24.7 Å². The lowest BCUT2D eigenvalue weighted by atomic mass is 9.93. The number of hydrogen-bond acceptors (Lipinski definition) is 6. The number of anilines is 1. The van der Waals surface area contributed by atoms with Crippen molar-refractivity contribution in [3.63, 3.8) is 0 Å². The summed E-state index contributed by atoms with van der Waals surface area (Å²) < 4.78 is 15.8. The number of nitrogens with zero attached hydrogens (tertiary/aromatic N) is 1. The van der Waals surface area contributed by atoms with Gasteiger partial charge in [-0.2, -0.15) is 0 Å². The summed E-state index contributed by atoms with van der Waals surface area (Å²) >= 11 is 0. The van der Waals surface area contributed by atoms with E-state index in [0.29, 0.717) is 23.3 Å². The van der Waals surface area contributed by atoms with E-state index < -0.39 is 5.97 Å². The predicted molar refractivity (Wildman–Crippen MR) is 116 cm³/mol. The summed E-state index contributed by atoms with van der Waals surface area (Å²) in [5.41, 5.74) is 1.24. The molecule has 0 unspecified atom stereocenters. The molecular formula is C24H27NO6. The molecule has 0 spiro atoms. The third-order valence-corrected chi connectivity index (χ3v) is 5.27. The average Bonchev–Trinajstić information content (AvgIpc) is 2.82. The summed E-state index contributed by atoms with van der Waals surface area (Å²) in [7, 11) is 1.44. The smallest absolute Gasteiger partial charge is 0.344 e. The Balaban J connectivity index is 1.58. The lowest BCUT2D eigenvalue weighted by Gasteiger charge is -2.34. The zero-order valence-electron chi connectivity index (χ0n) is 17.6. The van der Waals surface area contributed by atoms with E-state index in [1.807, 2.05) is 30.3 Å². The van der Waals surface area contributed by atoms with Crippen molar-refractivity contribution in [1.82, 2.24) is 0 Å². The van der Waals surface area contributed by atoms with E-state index in [-0.39, 0.29) is 25.2 Å². The Morgan fingerprint density at radius 1 is 1.00 bits per heavy atom. The van der Waals surface area contributed by atoms with Gasteiger partial charge in [0, 0.05) is 17.3 Å². The molecule has 0 aliphatic heterocycles. The van der Waals surface area contributed by atoms with Crippen LogP contribution in [-0.2, 0) is 14.3 Å². The second kappa shape index (κ2) is 11.2. The lowest BCUT2D eigenvalue weighted by molar-refractivity contribution is -0.150. The van der Waals surface area contributed by atoms with E-state index in [1.165, 1.54) is 19.6 Å². The Morgan fingerprint density at radius 3 is 2.42 bits per heavy atom. The van der Waals surface area contributed by atoms with Crippen LogP contribution in [0.25, 0.3) is 0 Å². The van der Waals surface area contributed by atoms with Gasteiger partial charge in [-0.15, -0.1) is 0 Å². The summed E-state index contributed by atoms with van der Waals surface area (Å²) in [5.74, 6) is -0.267. The molecular weight excluding hydrogens is 398 g/mol. The zero-order chi connectivity index (χ0) is 22.1. The maximum atomic E-state index is 12.9. The number of carbonyl (C=O) groups is 3. The van der Waals surface area contributed by atoms with E-state index in [4.69, 9.17) is 14.2 Å². The van der Waals surface area contributed by atoms with Crippen LogP contribution in [0.1, 0.15) is 42.5 Å². The van der Waals surface area contributed by atoms with Crippen molar-refractivity contribution in [1.29, 1.82) is 0 Å². The average molecular weight is 425 g/mol. The summed E-state index contributed by atoms with van der Waals surface area (Å²) in [6, 6.07) is 14.2. The van der Waals surface area contributed by atoms with Crippen LogP contribution in [0.15, 0.2) is 48.5 Å². The molecule has 31 heavy (non-hydrogen) atoms. The Kier molecular flexibility index (Phi) is 8.04. The van der Waals surface area contributed by atoms with E-state index in [9.17, 15) is 14.4 Å². The molecule has 2 aromatic rings. The van der Waals surface area contributed by atoms with Crippen LogP contribution in [0.5, 0.6) is 11.5 Å².